The van der Waals surface area contributed by atoms with Gasteiger partial charge >= 0.3 is 13.8 Å². The van der Waals surface area contributed by atoms with Gasteiger partial charge in [0.25, 0.3) is 0 Å². The summed E-state index contributed by atoms with van der Waals surface area (Å²) in [7, 11) is -4.54. The van der Waals surface area contributed by atoms with Crippen LogP contribution in [0.2, 0.25) is 0 Å². The first-order valence-corrected chi connectivity index (χ1v) is 23.7. The number of hydrogen-bond donors (Lipinski definition) is 3. The van der Waals surface area contributed by atoms with Crippen LogP contribution >= 0.6 is 7.82 Å². The Kier molecular flexibility index (Phi) is 42.0. The molecular formula is C48H81O9P. The highest BCUT2D eigenvalue weighted by Gasteiger charge is 2.26. The summed E-state index contributed by atoms with van der Waals surface area (Å²) >= 11 is 0. The van der Waals surface area contributed by atoms with Gasteiger partial charge in [0.15, 0.2) is 0 Å². The van der Waals surface area contributed by atoms with E-state index in [1.165, 1.54) is 32.1 Å². The Balaban J connectivity index is 4.27. The van der Waals surface area contributed by atoms with Gasteiger partial charge in [0.05, 0.1) is 26.4 Å². The quantitative estimate of drug-likeness (QED) is 0.0238. The Hall–Kier alpha value is -2.62. The molecule has 0 saturated carbocycles. The van der Waals surface area contributed by atoms with Crippen molar-refractivity contribution in [3.05, 3.63) is 97.2 Å². The molecule has 58 heavy (non-hydrogen) atoms. The molecule has 9 nitrogen and oxygen atoms in total. The summed E-state index contributed by atoms with van der Waals surface area (Å²) in [5, 5.41) is 18.3. The first-order chi connectivity index (χ1) is 28.3. The largest absolute Gasteiger partial charge is 0.472 e. The number of ether oxygens (including phenoxy) is 2. The zero-order valence-electron chi connectivity index (χ0n) is 36.2. The van der Waals surface area contributed by atoms with Crippen LogP contribution in [-0.4, -0.2) is 66.3 Å². The Labute approximate surface area is 353 Å². The third kappa shape index (κ3) is 43.0. The fourth-order valence-corrected chi connectivity index (χ4v) is 6.18. The predicted octanol–water partition coefficient (Wildman–Crippen LogP) is 12.5. The molecule has 3 atom stereocenters. The summed E-state index contributed by atoms with van der Waals surface area (Å²) < 4.78 is 33.3. The van der Waals surface area contributed by atoms with Gasteiger partial charge in [-0.25, -0.2) is 4.57 Å². The van der Waals surface area contributed by atoms with Crippen LogP contribution in [0, 0.1) is 0 Å². The van der Waals surface area contributed by atoms with E-state index in [0.29, 0.717) is 13.0 Å². The predicted molar refractivity (Wildman–Crippen MR) is 242 cm³/mol. The van der Waals surface area contributed by atoms with Gasteiger partial charge in [-0.3, -0.25) is 13.8 Å². The molecule has 3 N–H and O–H groups in total. The molecule has 0 aliphatic carbocycles. The Bertz CT molecular complexity index is 1220. The van der Waals surface area contributed by atoms with Crippen molar-refractivity contribution in [3.8, 4) is 0 Å². The molecular weight excluding hydrogens is 751 g/mol. The molecule has 0 aromatic carbocycles. The highest BCUT2D eigenvalue weighted by Crippen LogP contribution is 2.43. The van der Waals surface area contributed by atoms with E-state index in [9.17, 15) is 19.4 Å². The van der Waals surface area contributed by atoms with Gasteiger partial charge in [-0.2, -0.15) is 0 Å². The van der Waals surface area contributed by atoms with Crippen molar-refractivity contribution >= 4 is 13.8 Å². The standard InChI is InChI=1S/C48H81O9P/c1-3-5-7-9-11-13-15-17-18-19-20-21-22-23-24-25-26-27-29-31-33-35-37-39-41-54-44-47(45-56-58(52,53)55-43-46(50)42-49)57-48(51)40-38-36-34-32-30-28-16-14-12-10-8-6-4-2/h5,7,11,13-14,16-18,20-21,23-24,26-27,31,33,46-47,49-50H,3-4,6,8-10,12,15,19,22,25,28-30,32,34-45H2,1-2H3,(H,52,53)/b7-5-,13-11-,16-14-,18-17-,21-20-,24-23-,27-26-,33-31-. The van der Waals surface area contributed by atoms with Crippen molar-refractivity contribution < 1.29 is 43.0 Å². The van der Waals surface area contributed by atoms with Gasteiger partial charge in [0.1, 0.15) is 12.2 Å². The van der Waals surface area contributed by atoms with Crippen LogP contribution in [0.3, 0.4) is 0 Å². The number of aliphatic hydroxyl groups is 2. The summed E-state index contributed by atoms with van der Waals surface area (Å²) in [5.74, 6) is -0.412. The molecule has 0 bridgehead atoms. The lowest BCUT2D eigenvalue weighted by Crippen LogP contribution is -2.29. The number of hydrogen-bond acceptors (Lipinski definition) is 8. The van der Waals surface area contributed by atoms with Crippen LogP contribution < -0.4 is 0 Å². The molecule has 0 radical (unpaired) electrons. The minimum atomic E-state index is -4.54. The average molecular weight is 833 g/mol. The first kappa shape index (κ1) is 55.4. The van der Waals surface area contributed by atoms with E-state index in [1.54, 1.807) is 0 Å². The van der Waals surface area contributed by atoms with Crippen molar-refractivity contribution in [1.29, 1.82) is 0 Å². The smallest absolute Gasteiger partial charge is 0.457 e. The molecule has 0 aliphatic heterocycles. The van der Waals surface area contributed by atoms with Gasteiger partial charge in [-0.05, 0) is 96.3 Å². The number of phosphoric acid groups is 1. The molecule has 10 heteroatoms. The van der Waals surface area contributed by atoms with E-state index < -0.39 is 45.8 Å². The Morgan fingerprint density at radius 2 is 0.983 bits per heavy atom. The summed E-state index contributed by atoms with van der Waals surface area (Å²) in [6.45, 7) is 3.23. The maximum absolute atomic E-state index is 12.6. The molecule has 0 aromatic heterocycles. The number of phosphoric ester groups is 1. The molecule has 0 saturated heterocycles. The topological polar surface area (TPSA) is 132 Å². The molecule has 0 heterocycles. The van der Waals surface area contributed by atoms with Crippen LogP contribution in [0.15, 0.2) is 97.2 Å². The lowest BCUT2D eigenvalue weighted by molar-refractivity contribution is -0.154. The number of carbonyl (C=O) groups is 1. The van der Waals surface area contributed by atoms with Gasteiger partial charge in [0, 0.05) is 13.0 Å². The second-order valence-electron chi connectivity index (χ2n) is 14.3. The van der Waals surface area contributed by atoms with E-state index in [-0.39, 0.29) is 13.0 Å². The number of allylic oxidation sites excluding steroid dienone is 16. The molecule has 0 aliphatic rings. The maximum atomic E-state index is 12.6. The Morgan fingerprint density at radius 3 is 1.50 bits per heavy atom. The summed E-state index contributed by atoms with van der Waals surface area (Å²) in [4.78, 5) is 22.6. The van der Waals surface area contributed by atoms with E-state index in [2.05, 4.69) is 111 Å². The van der Waals surface area contributed by atoms with E-state index in [4.69, 9.17) is 23.6 Å². The monoisotopic (exact) mass is 833 g/mol. The maximum Gasteiger partial charge on any atom is 0.472 e. The minimum Gasteiger partial charge on any atom is -0.457 e. The van der Waals surface area contributed by atoms with E-state index >= 15 is 0 Å². The molecule has 0 amide bonds. The van der Waals surface area contributed by atoms with Crippen molar-refractivity contribution in [2.24, 2.45) is 0 Å². The van der Waals surface area contributed by atoms with E-state index in [1.807, 2.05) is 0 Å². The number of rotatable bonds is 41. The van der Waals surface area contributed by atoms with Crippen LogP contribution in [0.1, 0.15) is 155 Å². The lowest BCUT2D eigenvalue weighted by Gasteiger charge is -2.20. The molecule has 0 fully saturated rings. The van der Waals surface area contributed by atoms with Gasteiger partial charge in [0.2, 0.25) is 0 Å². The Morgan fingerprint density at radius 1 is 0.552 bits per heavy atom. The first-order valence-electron chi connectivity index (χ1n) is 22.2. The number of carbonyl (C=O) groups excluding carboxylic acids is 1. The molecule has 0 aromatic rings. The molecule has 332 valence electrons. The highest BCUT2D eigenvalue weighted by atomic mass is 31.2. The zero-order chi connectivity index (χ0) is 42.5. The molecule has 0 spiro atoms. The zero-order valence-corrected chi connectivity index (χ0v) is 37.1. The number of esters is 1. The lowest BCUT2D eigenvalue weighted by atomic mass is 10.1. The average Bonchev–Trinajstić information content (AvgIpc) is 3.21. The number of unbranched alkanes of at least 4 members (excludes halogenated alkanes) is 11. The van der Waals surface area contributed by atoms with Crippen molar-refractivity contribution in [2.45, 2.75) is 167 Å². The van der Waals surface area contributed by atoms with Gasteiger partial charge < -0.3 is 24.6 Å². The van der Waals surface area contributed by atoms with Gasteiger partial charge in [-0.15, -0.1) is 0 Å². The third-order valence-corrected chi connectivity index (χ3v) is 9.70. The minimum absolute atomic E-state index is 0.00957. The van der Waals surface area contributed by atoms with Gasteiger partial charge in [-0.1, -0.05) is 150 Å². The fraction of sp³-hybridized carbons (Fsp3) is 0.646. The van der Waals surface area contributed by atoms with Crippen LogP contribution in [0.4, 0.5) is 0 Å². The molecule has 0 rings (SSSR count). The second-order valence-corrected chi connectivity index (χ2v) is 15.8. The van der Waals surface area contributed by atoms with Crippen LogP contribution in [0.5, 0.6) is 0 Å². The second kappa shape index (κ2) is 43.9. The number of aliphatic hydroxyl groups excluding tert-OH is 2. The summed E-state index contributed by atoms with van der Waals surface area (Å²) in [6, 6.07) is 0. The summed E-state index contributed by atoms with van der Waals surface area (Å²) in [5.41, 5.74) is 0. The SMILES string of the molecule is CC/C=C\C/C=C\C/C=C\C/C=C\C/C=C\C/C=C\C/C=C\CCCCOCC(COP(=O)(O)OCC(O)CO)OC(=O)CCCCCCC/C=C\CCCCCC. The highest BCUT2D eigenvalue weighted by molar-refractivity contribution is 7.47. The van der Waals surface area contributed by atoms with Crippen molar-refractivity contribution in [3.63, 3.8) is 0 Å². The van der Waals surface area contributed by atoms with E-state index in [0.717, 1.165) is 96.3 Å². The normalized spacial score (nSPS) is 14.9. The van der Waals surface area contributed by atoms with Crippen LogP contribution in [-0.2, 0) is 27.9 Å². The third-order valence-electron chi connectivity index (χ3n) is 8.75. The van der Waals surface area contributed by atoms with Crippen LogP contribution in [0.25, 0.3) is 0 Å². The summed E-state index contributed by atoms with van der Waals surface area (Å²) in [6.07, 6.45) is 55.2. The fourth-order valence-electron chi connectivity index (χ4n) is 5.39. The molecule has 3 unspecified atom stereocenters. The van der Waals surface area contributed by atoms with Crippen molar-refractivity contribution in [1.82, 2.24) is 0 Å². The van der Waals surface area contributed by atoms with Crippen molar-refractivity contribution in [2.75, 3.05) is 33.0 Å².